The molecule has 26 heavy (non-hydrogen) atoms. The van der Waals surface area contributed by atoms with Crippen LogP contribution >= 0.6 is 0 Å². The molecule has 1 unspecified atom stereocenters. The maximum absolute atomic E-state index is 13.2. The van der Waals surface area contributed by atoms with Crippen LogP contribution in [0.1, 0.15) is 69.4 Å². The van der Waals surface area contributed by atoms with Crippen LogP contribution in [0.2, 0.25) is 0 Å². The van der Waals surface area contributed by atoms with Crippen molar-refractivity contribution in [2.75, 3.05) is 6.54 Å². The van der Waals surface area contributed by atoms with Crippen molar-refractivity contribution in [3.8, 4) is 0 Å². The maximum Gasteiger partial charge on any atom is 0.223 e. The fourth-order valence-corrected chi connectivity index (χ4v) is 4.31. The number of rotatable bonds is 7. The molecule has 2 aliphatic rings. The number of carbonyl (C=O) groups is 2. The minimum absolute atomic E-state index is 0.0575. The zero-order valence-corrected chi connectivity index (χ0v) is 15.3. The second kappa shape index (κ2) is 9.15. The number of nitrogens with one attached hydrogen (secondary N) is 2. The van der Waals surface area contributed by atoms with Gasteiger partial charge in [-0.3, -0.25) is 9.59 Å². The Morgan fingerprint density at radius 3 is 2.27 bits per heavy atom. The summed E-state index contributed by atoms with van der Waals surface area (Å²) in [7, 11) is 0. The number of benzene rings is 1. The maximum atomic E-state index is 13.2. The van der Waals surface area contributed by atoms with Crippen LogP contribution in [0.15, 0.2) is 24.3 Å². The van der Waals surface area contributed by atoms with Crippen molar-refractivity contribution in [3.05, 3.63) is 35.6 Å². The molecular formula is C21H29FN2O2. The van der Waals surface area contributed by atoms with E-state index in [0.717, 1.165) is 44.1 Å². The molecule has 2 amide bonds. The van der Waals surface area contributed by atoms with Crippen molar-refractivity contribution >= 4 is 11.8 Å². The Hall–Kier alpha value is -1.91. The van der Waals surface area contributed by atoms with E-state index in [1.165, 1.54) is 25.0 Å². The van der Waals surface area contributed by atoms with Gasteiger partial charge in [0.1, 0.15) is 5.82 Å². The second-order valence-corrected chi connectivity index (χ2v) is 7.66. The first kappa shape index (κ1) is 18.9. The Kier molecular flexibility index (Phi) is 6.64. The highest BCUT2D eigenvalue weighted by Gasteiger charge is 2.28. The quantitative estimate of drug-likeness (QED) is 0.775. The van der Waals surface area contributed by atoms with Gasteiger partial charge in [0.2, 0.25) is 11.8 Å². The third-order valence-corrected chi connectivity index (χ3v) is 5.79. The largest absolute Gasteiger partial charge is 0.355 e. The van der Waals surface area contributed by atoms with Gasteiger partial charge in [0.05, 0.1) is 6.04 Å². The second-order valence-electron chi connectivity index (χ2n) is 7.66. The van der Waals surface area contributed by atoms with Crippen LogP contribution in [0, 0.1) is 17.7 Å². The molecule has 5 heteroatoms. The Labute approximate surface area is 154 Å². The van der Waals surface area contributed by atoms with E-state index in [0.29, 0.717) is 12.5 Å². The molecule has 0 bridgehead atoms. The van der Waals surface area contributed by atoms with Crippen molar-refractivity contribution in [2.24, 2.45) is 11.8 Å². The van der Waals surface area contributed by atoms with Crippen molar-refractivity contribution in [2.45, 2.75) is 63.8 Å². The first-order chi connectivity index (χ1) is 12.6. The summed E-state index contributed by atoms with van der Waals surface area (Å²) in [6.45, 7) is 0.377. The van der Waals surface area contributed by atoms with Crippen LogP contribution in [0.4, 0.5) is 4.39 Å². The molecule has 4 nitrogen and oxygen atoms in total. The van der Waals surface area contributed by atoms with E-state index in [1.54, 1.807) is 12.1 Å². The summed E-state index contributed by atoms with van der Waals surface area (Å²) in [5, 5.41) is 6.02. The van der Waals surface area contributed by atoms with E-state index in [1.807, 2.05) is 0 Å². The van der Waals surface area contributed by atoms with Crippen molar-refractivity contribution in [1.29, 1.82) is 0 Å². The Bertz CT molecular complexity index is 605. The molecule has 1 atom stereocenters. The lowest BCUT2D eigenvalue weighted by Crippen LogP contribution is -2.36. The summed E-state index contributed by atoms with van der Waals surface area (Å²) in [6, 6.07) is 6.36. The highest BCUT2D eigenvalue weighted by molar-refractivity contribution is 5.80. The minimum atomic E-state index is -0.264. The minimum Gasteiger partial charge on any atom is -0.355 e. The summed E-state index contributed by atoms with van der Waals surface area (Å²) in [5.74, 6) is 0.292. The molecule has 142 valence electrons. The normalized spacial score (nSPS) is 19.4. The van der Waals surface area contributed by atoms with Crippen LogP contribution in [-0.4, -0.2) is 18.4 Å². The Balaban J connectivity index is 1.51. The molecule has 0 heterocycles. The number of hydrogen-bond donors (Lipinski definition) is 2. The third-order valence-electron chi connectivity index (χ3n) is 5.79. The molecule has 3 rings (SSSR count). The average molecular weight is 360 g/mol. The first-order valence-electron chi connectivity index (χ1n) is 9.96. The number of halogens is 1. The lowest BCUT2D eigenvalue weighted by atomic mass is 9.91. The van der Waals surface area contributed by atoms with Gasteiger partial charge in [0.25, 0.3) is 0 Å². The van der Waals surface area contributed by atoms with E-state index in [2.05, 4.69) is 10.6 Å². The Morgan fingerprint density at radius 2 is 1.62 bits per heavy atom. The van der Waals surface area contributed by atoms with Crippen LogP contribution < -0.4 is 10.6 Å². The molecule has 2 saturated carbocycles. The molecule has 2 fully saturated rings. The number of amides is 2. The molecule has 0 saturated heterocycles. The molecular weight excluding hydrogens is 331 g/mol. The lowest BCUT2D eigenvalue weighted by molar-refractivity contribution is -0.125. The van der Waals surface area contributed by atoms with Gasteiger partial charge in [-0.15, -0.1) is 0 Å². The summed E-state index contributed by atoms with van der Waals surface area (Å²) < 4.78 is 13.2. The molecule has 2 aliphatic carbocycles. The molecule has 0 aliphatic heterocycles. The number of carbonyl (C=O) groups excluding carboxylic acids is 2. The van der Waals surface area contributed by atoms with Gasteiger partial charge in [-0.25, -0.2) is 4.39 Å². The molecule has 0 aromatic heterocycles. The fourth-order valence-electron chi connectivity index (χ4n) is 4.31. The average Bonchev–Trinajstić information content (AvgIpc) is 3.34. The van der Waals surface area contributed by atoms with Gasteiger partial charge in [-0.1, -0.05) is 37.8 Å². The molecule has 1 aromatic rings. The standard InChI is InChI=1S/C21H29FN2O2/c22-18-11-9-16(10-12-18)20(15-5-1-2-6-15)24-19(25)13-14-23-21(26)17-7-3-4-8-17/h9-12,15,17,20H,1-8,13-14H2,(H,23,26)(H,24,25). The molecule has 2 N–H and O–H groups in total. The van der Waals surface area contributed by atoms with E-state index in [9.17, 15) is 14.0 Å². The fraction of sp³-hybridized carbons (Fsp3) is 0.619. The summed E-state index contributed by atoms with van der Waals surface area (Å²) in [6.07, 6.45) is 8.98. The van der Waals surface area contributed by atoms with Crippen LogP contribution in [0.3, 0.4) is 0 Å². The SMILES string of the molecule is O=C(CCNC(=O)C1CCCC1)NC(c1ccc(F)cc1)C1CCCC1. The van der Waals surface area contributed by atoms with E-state index in [-0.39, 0.29) is 36.0 Å². The van der Waals surface area contributed by atoms with Gasteiger partial charge >= 0.3 is 0 Å². The van der Waals surface area contributed by atoms with E-state index in [4.69, 9.17) is 0 Å². The monoisotopic (exact) mass is 360 g/mol. The van der Waals surface area contributed by atoms with Gasteiger partial charge < -0.3 is 10.6 Å². The number of hydrogen-bond acceptors (Lipinski definition) is 2. The van der Waals surface area contributed by atoms with Gasteiger partial charge in [0.15, 0.2) is 0 Å². The summed E-state index contributed by atoms with van der Waals surface area (Å²) in [4.78, 5) is 24.4. The summed E-state index contributed by atoms with van der Waals surface area (Å²) >= 11 is 0. The zero-order valence-electron chi connectivity index (χ0n) is 15.3. The summed E-state index contributed by atoms with van der Waals surface area (Å²) in [5.41, 5.74) is 0.960. The zero-order chi connectivity index (χ0) is 18.4. The topological polar surface area (TPSA) is 58.2 Å². The van der Waals surface area contributed by atoms with Gasteiger partial charge in [0, 0.05) is 18.9 Å². The molecule has 0 spiro atoms. The Morgan fingerprint density at radius 1 is 1.00 bits per heavy atom. The van der Waals surface area contributed by atoms with E-state index < -0.39 is 0 Å². The highest BCUT2D eigenvalue weighted by Crippen LogP contribution is 2.35. The van der Waals surface area contributed by atoms with Crippen LogP contribution in [0.25, 0.3) is 0 Å². The molecule has 0 radical (unpaired) electrons. The smallest absolute Gasteiger partial charge is 0.223 e. The van der Waals surface area contributed by atoms with Crippen LogP contribution in [-0.2, 0) is 9.59 Å². The van der Waals surface area contributed by atoms with Gasteiger partial charge in [-0.05, 0) is 49.3 Å². The van der Waals surface area contributed by atoms with Crippen molar-refractivity contribution in [3.63, 3.8) is 0 Å². The first-order valence-corrected chi connectivity index (χ1v) is 9.96. The van der Waals surface area contributed by atoms with Crippen molar-refractivity contribution < 1.29 is 14.0 Å². The van der Waals surface area contributed by atoms with Crippen molar-refractivity contribution in [1.82, 2.24) is 10.6 Å². The van der Waals surface area contributed by atoms with Crippen LogP contribution in [0.5, 0.6) is 0 Å². The van der Waals surface area contributed by atoms with E-state index >= 15 is 0 Å². The van der Waals surface area contributed by atoms with Gasteiger partial charge in [-0.2, -0.15) is 0 Å². The third kappa shape index (κ3) is 5.05. The lowest BCUT2D eigenvalue weighted by Gasteiger charge is -2.25. The molecule has 1 aromatic carbocycles. The predicted octanol–water partition coefficient (Wildman–Crippen LogP) is 3.87. The highest BCUT2D eigenvalue weighted by atomic mass is 19.1. The predicted molar refractivity (Wildman–Crippen MR) is 98.8 cm³/mol.